The third-order valence-electron chi connectivity index (χ3n) is 2.68. The van der Waals surface area contributed by atoms with Crippen molar-refractivity contribution in [2.75, 3.05) is 7.05 Å². The molecular formula is C13H16INO. The topological polar surface area (TPSA) is 25.2 Å². The van der Waals surface area contributed by atoms with Crippen LogP contribution < -0.4 is 5.32 Å². The molecule has 1 heterocycles. The molecule has 1 aromatic carbocycles. The highest BCUT2D eigenvalue weighted by molar-refractivity contribution is 14.1. The first-order chi connectivity index (χ1) is 7.63. The summed E-state index contributed by atoms with van der Waals surface area (Å²) in [5.41, 5.74) is 2.33. The van der Waals surface area contributed by atoms with Crippen molar-refractivity contribution in [3.05, 3.63) is 33.1 Å². The highest BCUT2D eigenvalue weighted by Gasteiger charge is 2.16. The highest BCUT2D eigenvalue weighted by atomic mass is 127. The van der Waals surface area contributed by atoms with Crippen molar-refractivity contribution in [1.29, 1.82) is 0 Å². The summed E-state index contributed by atoms with van der Waals surface area (Å²) in [4.78, 5) is 0. The zero-order valence-corrected chi connectivity index (χ0v) is 12.0. The number of benzene rings is 1. The molecule has 86 valence electrons. The van der Waals surface area contributed by atoms with Crippen LogP contribution in [0.3, 0.4) is 0 Å². The molecule has 0 fully saturated rings. The number of fused-ring (bicyclic) bond motifs is 1. The van der Waals surface area contributed by atoms with Gasteiger partial charge >= 0.3 is 0 Å². The minimum atomic E-state index is 0.489. The fourth-order valence-electron chi connectivity index (χ4n) is 2.06. The quantitative estimate of drug-likeness (QED) is 0.865. The van der Waals surface area contributed by atoms with Gasteiger partial charge in [-0.05, 0) is 53.8 Å². The second kappa shape index (κ2) is 4.75. The fraction of sp³-hybridized carbons (Fsp3) is 0.385. The fourth-order valence-corrected chi connectivity index (χ4v) is 2.56. The van der Waals surface area contributed by atoms with Gasteiger partial charge in [0.15, 0.2) is 0 Å². The van der Waals surface area contributed by atoms with Crippen LogP contribution in [-0.4, -0.2) is 7.05 Å². The van der Waals surface area contributed by atoms with Crippen LogP contribution in [0.5, 0.6) is 0 Å². The van der Waals surface area contributed by atoms with Gasteiger partial charge in [0.1, 0.15) is 11.3 Å². The lowest BCUT2D eigenvalue weighted by atomic mass is 9.99. The van der Waals surface area contributed by atoms with Gasteiger partial charge in [-0.2, -0.15) is 0 Å². The lowest BCUT2D eigenvalue weighted by Crippen LogP contribution is -2.06. The smallest absolute Gasteiger partial charge is 0.134 e. The number of nitrogens with one attached hydrogen (secondary N) is 1. The van der Waals surface area contributed by atoms with Crippen LogP contribution >= 0.6 is 22.6 Å². The maximum atomic E-state index is 5.89. The van der Waals surface area contributed by atoms with E-state index in [1.54, 1.807) is 0 Å². The normalized spacial score (nSPS) is 11.6. The Balaban J connectivity index is 2.67. The van der Waals surface area contributed by atoms with Crippen molar-refractivity contribution in [2.45, 2.75) is 26.3 Å². The van der Waals surface area contributed by atoms with Crippen LogP contribution in [0.4, 0.5) is 0 Å². The first kappa shape index (κ1) is 11.9. The van der Waals surface area contributed by atoms with Gasteiger partial charge in [0, 0.05) is 14.5 Å². The van der Waals surface area contributed by atoms with Crippen molar-refractivity contribution in [2.24, 2.45) is 0 Å². The molecule has 1 N–H and O–H groups in total. The summed E-state index contributed by atoms with van der Waals surface area (Å²) in [6.07, 6.45) is 0. The van der Waals surface area contributed by atoms with E-state index in [1.807, 2.05) is 7.05 Å². The Kier molecular flexibility index (Phi) is 3.54. The average Bonchev–Trinajstić information content (AvgIpc) is 2.55. The molecule has 3 heteroatoms. The van der Waals surface area contributed by atoms with Crippen molar-refractivity contribution < 1.29 is 4.42 Å². The summed E-state index contributed by atoms with van der Waals surface area (Å²) in [7, 11) is 1.95. The van der Waals surface area contributed by atoms with E-state index in [2.05, 4.69) is 60.0 Å². The standard InChI is InChI=1S/C13H16INO/c1-8(2)13-10-6-9(14)4-5-11(10)16-12(13)7-15-3/h4-6,8,15H,7H2,1-3H3. The molecule has 2 nitrogen and oxygen atoms in total. The first-order valence-electron chi connectivity index (χ1n) is 5.49. The molecule has 16 heavy (non-hydrogen) atoms. The molecule has 0 amide bonds. The van der Waals surface area contributed by atoms with E-state index in [1.165, 1.54) is 14.5 Å². The van der Waals surface area contributed by atoms with Crippen molar-refractivity contribution in [3.63, 3.8) is 0 Å². The van der Waals surface area contributed by atoms with Gasteiger partial charge in [-0.15, -0.1) is 0 Å². The van der Waals surface area contributed by atoms with E-state index in [9.17, 15) is 0 Å². The van der Waals surface area contributed by atoms with Crippen LogP contribution in [0.15, 0.2) is 22.6 Å². The molecule has 0 aliphatic rings. The van der Waals surface area contributed by atoms with Crippen molar-refractivity contribution in [3.8, 4) is 0 Å². The molecule has 2 aromatic rings. The highest BCUT2D eigenvalue weighted by Crippen LogP contribution is 2.32. The number of halogens is 1. The molecule has 0 atom stereocenters. The molecule has 0 spiro atoms. The minimum Gasteiger partial charge on any atom is -0.459 e. The van der Waals surface area contributed by atoms with Gasteiger partial charge in [0.2, 0.25) is 0 Å². The Bertz CT molecular complexity index is 502. The van der Waals surface area contributed by atoms with E-state index in [4.69, 9.17) is 4.42 Å². The lowest BCUT2D eigenvalue weighted by Gasteiger charge is -2.05. The van der Waals surface area contributed by atoms with Gasteiger partial charge in [-0.3, -0.25) is 0 Å². The van der Waals surface area contributed by atoms with Crippen molar-refractivity contribution >= 4 is 33.6 Å². The molecule has 2 rings (SSSR count). The van der Waals surface area contributed by atoms with Crippen LogP contribution in [0, 0.1) is 3.57 Å². The Morgan fingerprint density at radius 3 is 2.75 bits per heavy atom. The minimum absolute atomic E-state index is 0.489. The molecular weight excluding hydrogens is 313 g/mol. The second-order valence-corrected chi connectivity index (χ2v) is 5.51. The van der Waals surface area contributed by atoms with Gasteiger partial charge in [0.05, 0.1) is 6.54 Å². The van der Waals surface area contributed by atoms with E-state index in [0.717, 1.165) is 17.9 Å². The average molecular weight is 329 g/mol. The van der Waals surface area contributed by atoms with Crippen LogP contribution in [0.25, 0.3) is 11.0 Å². The summed E-state index contributed by atoms with van der Waals surface area (Å²) in [5, 5.41) is 4.42. The van der Waals surface area contributed by atoms with Crippen LogP contribution in [-0.2, 0) is 6.54 Å². The molecule has 0 bridgehead atoms. The maximum absolute atomic E-state index is 5.89. The Hall–Kier alpha value is -0.550. The first-order valence-corrected chi connectivity index (χ1v) is 6.56. The molecule has 0 saturated carbocycles. The Morgan fingerprint density at radius 1 is 1.38 bits per heavy atom. The van der Waals surface area contributed by atoms with Gasteiger partial charge < -0.3 is 9.73 Å². The van der Waals surface area contributed by atoms with Gasteiger partial charge in [0.25, 0.3) is 0 Å². The lowest BCUT2D eigenvalue weighted by molar-refractivity contribution is 0.520. The Morgan fingerprint density at radius 2 is 2.12 bits per heavy atom. The zero-order valence-electron chi connectivity index (χ0n) is 9.80. The molecule has 0 aliphatic heterocycles. The summed E-state index contributed by atoms with van der Waals surface area (Å²) >= 11 is 2.34. The maximum Gasteiger partial charge on any atom is 0.134 e. The number of hydrogen-bond donors (Lipinski definition) is 1. The SMILES string of the molecule is CNCc1oc2ccc(I)cc2c1C(C)C. The number of furan rings is 1. The largest absolute Gasteiger partial charge is 0.459 e. The summed E-state index contributed by atoms with van der Waals surface area (Å²) < 4.78 is 7.14. The van der Waals surface area contributed by atoms with Crippen LogP contribution in [0.2, 0.25) is 0 Å². The third kappa shape index (κ3) is 2.11. The Labute approximate surface area is 110 Å². The van der Waals surface area contributed by atoms with Gasteiger partial charge in [-0.25, -0.2) is 0 Å². The van der Waals surface area contributed by atoms with E-state index >= 15 is 0 Å². The molecule has 0 unspecified atom stereocenters. The summed E-state index contributed by atoms with van der Waals surface area (Å²) in [6, 6.07) is 6.34. The van der Waals surface area contributed by atoms with E-state index < -0.39 is 0 Å². The molecule has 0 radical (unpaired) electrons. The molecule has 0 aliphatic carbocycles. The summed E-state index contributed by atoms with van der Waals surface area (Å²) in [6.45, 7) is 5.21. The summed E-state index contributed by atoms with van der Waals surface area (Å²) in [5.74, 6) is 1.55. The molecule has 1 aromatic heterocycles. The third-order valence-corrected chi connectivity index (χ3v) is 3.35. The van der Waals surface area contributed by atoms with Gasteiger partial charge in [-0.1, -0.05) is 13.8 Å². The number of hydrogen-bond acceptors (Lipinski definition) is 2. The van der Waals surface area contributed by atoms with E-state index in [-0.39, 0.29) is 0 Å². The molecule has 0 saturated heterocycles. The van der Waals surface area contributed by atoms with E-state index in [0.29, 0.717) is 5.92 Å². The zero-order chi connectivity index (χ0) is 11.7. The predicted molar refractivity (Wildman–Crippen MR) is 75.8 cm³/mol. The predicted octanol–water partition coefficient (Wildman–Crippen LogP) is 3.88. The number of rotatable bonds is 3. The van der Waals surface area contributed by atoms with Crippen molar-refractivity contribution in [1.82, 2.24) is 5.32 Å². The van der Waals surface area contributed by atoms with Crippen LogP contribution in [0.1, 0.15) is 31.1 Å². The monoisotopic (exact) mass is 329 g/mol. The second-order valence-electron chi connectivity index (χ2n) is 4.26.